The fourth-order valence-electron chi connectivity index (χ4n) is 4.01. The average molecular weight is 438 g/mol. The number of anilines is 1. The standard InChI is InChI=1S/C21H23N7O2S/c1-13-17(4-3-15(24-13)19-22-5-6-23-19)28-9-7-27(8-10-28)12-14-11-16-18(31-14)20(29)26(2)21(30)25-16/h3-6,11H,7-10,12H2,1-2H3,(H,22,23)(H,25,30). The Morgan fingerprint density at radius 2 is 1.97 bits per heavy atom. The van der Waals surface area contributed by atoms with Gasteiger partial charge in [0.1, 0.15) is 10.4 Å². The Labute approximate surface area is 182 Å². The van der Waals surface area contributed by atoms with Crippen molar-refractivity contribution >= 4 is 27.2 Å². The number of aryl methyl sites for hydroxylation is 1. The summed E-state index contributed by atoms with van der Waals surface area (Å²) in [4.78, 5) is 44.8. The molecule has 160 valence electrons. The summed E-state index contributed by atoms with van der Waals surface area (Å²) in [5.74, 6) is 0.777. The Hall–Kier alpha value is -3.24. The average Bonchev–Trinajstić information content (AvgIpc) is 3.43. The highest BCUT2D eigenvalue weighted by molar-refractivity contribution is 7.18. The number of nitrogens with one attached hydrogen (secondary N) is 2. The molecule has 10 heteroatoms. The second-order valence-electron chi connectivity index (χ2n) is 7.75. The summed E-state index contributed by atoms with van der Waals surface area (Å²) in [6.07, 6.45) is 3.52. The summed E-state index contributed by atoms with van der Waals surface area (Å²) in [5.41, 5.74) is 3.01. The lowest BCUT2D eigenvalue weighted by Crippen LogP contribution is -2.46. The minimum atomic E-state index is -0.377. The van der Waals surface area contributed by atoms with Crippen molar-refractivity contribution in [1.29, 1.82) is 0 Å². The van der Waals surface area contributed by atoms with Gasteiger partial charge in [0.25, 0.3) is 5.56 Å². The fourth-order valence-corrected chi connectivity index (χ4v) is 5.14. The molecular formula is C21H23N7O2S. The predicted octanol–water partition coefficient (Wildman–Crippen LogP) is 1.70. The predicted molar refractivity (Wildman–Crippen MR) is 122 cm³/mol. The third-order valence-corrected chi connectivity index (χ3v) is 6.83. The summed E-state index contributed by atoms with van der Waals surface area (Å²) in [7, 11) is 1.50. The van der Waals surface area contributed by atoms with Crippen LogP contribution in [0.2, 0.25) is 0 Å². The third kappa shape index (κ3) is 3.68. The maximum absolute atomic E-state index is 12.3. The van der Waals surface area contributed by atoms with Crippen LogP contribution in [0.4, 0.5) is 5.69 Å². The van der Waals surface area contributed by atoms with Crippen LogP contribution in [0.15, 0.2) is 40.2 Å². The van der Waals surface area contributed by atoms with Crippen molar-refractivity contribution in [2.24, 2.45) is 7.05 Å². The number of H-pyrrole nitrogens is 2. The van der Waals surface area contributed by atoms with Gasteiger partial charge >= 0.3 is 5.69 Å². The molecule has 0 aliphatic carbocycles. The smallest absolute Gasteiger partial charge is 0.328 e. The fraction of sp³-hybridized carbons (Fsp3) is 0.333. The number of thiophene rings is 1. The Balaban J connectivity index is 1.27. The minimum absolute atomic E-state index is 0.235. The molecule has 0 unspecified atom stereocenters. The Bertz CT molecular complexity index is 1340. The van der Waals surface area contributed by atoms with Gasteiger partial charge in [0.05, 0.1) is 16.9 Å². The number of pyridine rings is 1. The van der Waals surface area contributed by atoms with Crippen LogP contribution >= 0.6 is 11.3 Å². The van der Waals surface area contributed by atoms with Crippen molar-refractivity contribution in [3.8, 4) is 11.5 Å². The first-order valence-corrected chi connectivity index (χ1v) is 11.0. The first-order valence-electron chi connectivity index (χ1n) is 10.2. The molecule has 4 aromatic heterocycles. The summed E-state index contributed by atoms with van der Waals surface area (Å²) >= 11 is 1.46. The van der Waals surface area contributed by atoms with Crippen molar-refractivity contribution < 1.29 is 0 Å². The van der Waals surface area contributed by atoms with Crippen LogP contribution in [0.25, 0.3) is 21.7 Å². The van der Waals surface area contributed by atoms with Crippen molar-refractivity contribution in [3.63, 3.8) is 0 Å². The van der Waals surface area contributed by atoms with Crippen molar-refractivity contribution in [2.75, 3.05) is 31.1 Å². The number of imidazole rings is 1. The van der Waals surface area contributed by atoms with Gasteiger partial charge in [-0.25, -0.2) is 14.8 Å². The van der Waals surface area contributed by atoms with E-state index in [0.717, 1.165) is 65.1 Å². The molecule has 1 aliphatic rings. The van der Waals surface area contributed by atoms with Crippen molar-refractivity contribution in [1.82, 2.24) is 29.4 Å². The SMILES string of the molecule is Cc1nc(-c2ncc[nH]2)ccc1N1CCN(Cc2cc3[nH]c(=O)n(C)c(=O)c3s2)CC1. The molecule has 0 atom stereocenters. The first kappa shape index (κ1) is 19.7. The molecule has 31 heavy (non-hydrogen) atoms. The van der Waals surface area contributed by atoms with Gasteiger partial charge in [0, 0.05) is 57.0 Å². The molecule has 0 bridgehead atoms. The highest BCUT2D eigenvalue weighted by atomic mass is 32.1. The van der Waals surface area contributed by atoms with Crippen LogP contribution < -0.4 is 16.1 Å². The second kappa shape index (κ2) is 7.78. The zero-order chi connectivity index (χ0) is 21.5. The molecular weight excluding hydrogens is 414 g/mol. The molecule has 1 fully saturated rings. The molecule has 5 heterocycles. The lowest BCUT2D eigenvalue weighted by atomic mass is 10.2. The lowest BCUT2D eigenvalue weighted by molar-refractivity contribution is 0.252. The molecule has 4 aromatic rings. The van der Waals surface area contributed by atoms with Crippen LogP contribution in [0.5, 0.6) is 0 Å². The maximum Gasteiger partial charge on any atom is 0.328 e. The zero-order valence-corrected chi connectivity index (χ0v) is 18.2. The van der Waals surface area contributed by atoms with E-state index in [1.165, 1.54) is 18.4 Å². The van der Waals surface area contributed by atoms with E-state index in [1.54, 1.807) is 12.4 Å². The highest BCUT2D eigenvalue weighted by Gasteiger charge is 2.20. The molecule has 1 aliphatic heterocycles. The van der Waals surface area contributed by atoms with Gasteiger partial charge in [0.2, 0.25) is 0 Å². The summed E-state index contributed by atoms with van der Waals surface area (Å²) in [6, 6.07) is 6.05. The maximum atomic E-state index is 12.3. The van der Waals surface area contributed by atoms with Crippen LogP contribution in [0.3, 0.4) is 0 Å². The van der Waals surface area contributed by atoms with E-state index in [-0.39, 0.29) is 11.2 Å². The minimum Gasteiger partial charge on any atom is -0.368 e. The first-order chi connectivity index (χ1) is 15.0. The molecule has 5 rings (SSSR count). The van der Waals surface area contributed by atoms with Gasteiger partial charge in [-0.1, -0.05) is 0 Å². The van der Waals surface area contributed by atoms with Crippen molar-refractivity contribution in [2.45, 2.75) is 13.5 Å². The normalized spacial score (nSPS) is 15.1. The largest absolute Gasteiger partial charge is 0.368 e. The zero-order valence-electron chi connectivity index (χ0n) is 17.4. The number of hydrogen-bond donors (Lipinski definition) is 2. The van der Waals surface area contributed by atoms with Gasteiger partial charge in [-0.2, -0.15) is 0 Å². The molecule has 2 N–H and O–H groups in total. The van der Waals surface area contributed by atoms with E-state index < -0.39 is 0 Å². The second-order valence-corrected chi connectivity index (χ2v) is 8.89. The molecule has 9 nitrogen and oxygen atoms in total. The number of fused-ring (bicyclic) bond motifs is 1. The van der Waals surface area contributed by atoms with E-state index in [0.29, 0.717) is 10.2 Å². The van der Waals surface area contributed by atoms with E-state index in [2.05, 4.69) is 30.8 Å². The van der Waals surface area contributed by atoms with Gasteiger partial charge in [-0.05, 0) is 25.1 Å². The Morgan fingerprint density at radius 1 is 1.16 bits per heavy atom. The van der Waals surface area contributed by atoms with Crippen LogP contribution in [0, 0.1) is 6.92 Å². The van der Waals surface area contributed by atoms with Crippen LogP contribution in [-0.4, -0.2) is 55.6 Å². The summed E-state index contributed by atoms with van der Waals surface area (Å²) in [5, 5.41) is 0. The number of rotatable bonds is 4. The van der Waals surface area contributed by atoms with Gasteiger partial charge in [-0.15, -0.1) is 11.3 Å². The monoisotopic (exact) mass is 437 g/mol. The number of aromatic nitrogens is 5. The number of hydrogen-bond acceptors (Lipinski definition) is 7. The Kier molecular flexibility index (Phi) is 4.95. The Morgan fingerprint density at radius 3 is 2.68 bits per heavy atom. The molecule has 0 amide bonds. The van der Waals surface area contributed by atoms with Gasteiger partial charge in [-0.3, -0.25) is 14.3 Å². The van der Waals surface area contributed by atoms with E-state index in [1.807, 2.05) is 19.1 Å². The quantitative estimate of drug-likeness (QED) is 0.504. The molecule has 0 spiro atoms. The summed E-state index contributed by atoms with van der Waals surface area (Å²) < 4.78 is 1.73. The number of nitrogens with zero attached hydrogens (tertiary/aromatic N) is 5. The van der Waals surface area contributed by atoms with Crippen molar-refractivity contribution in [3.05, 3.63) is 62.0 Å². The van der Waals surface area contributed by atoms with Crippen LogP contribution in [0.1, 0.15) is 10.6 Å². The van der Waals surface area contributed by atoms with Gasteiger partial charge < -0.3 is 14.9 Å². The molecule has 0 saturated carbocycles. The molecule has 0 radical (unpaired) electrons. The molecule has 1 saturated heterocycles. The highest BCUT2D eigenvalue weighted by Crippen LogP contribution is 2.25. The molecule has 0 aromatic carbocycles. The lowest BCUT2D eigenvalue weighted by Gasteiger charge is -2.36. The van der Waals surface area contributed by atoms with Crippen LogP contribution in [-0.2, 0) is 13.6 Å². The van der Waals surface area contributed by atoms with E-state index in [9.17, 15) is 9.59 Å². The summed E-state index contributed by atoms with van der Waals surface area (Å²) in [6.45, 7) is 6.46. The van der Waals surface area contributed by atoms with E-state index in [4.69, 9.17) is 4.98 Å². The third-order valence-electron chi connectivity index (χ3n) is 5.72. The number of aromatic amines is 2. The van der Waals surface area contributed by atoms with E-state index >= 15 is 0 Å². The van der Waals surface area contributed by atoms with Gasteiger partial charge in [0.15, 0.2) is 5.82 Å². The topological polar surface area (TPSA) is 103 Å². The number of piperazine rings is 1.